The Morgan fingerprint density at radius 2 is 1.66 bits per heavy atom. The number of amides is 2. The molecule has 1 heterocycles. The van der Waals surface area contributed by atoms with Crippen LogP contribution in [0.15, 0.2) is 48.5 Å². The molecule has 1 saturated heterocycles. The number of alkyl carbamates (subject to hydrolysis) is 1. The summed E-state index contributed by atoms with van der Waals surface area (Å²) in [7, 11) is 0. The van der Waals surface area contributed by atoms with E-state index in [1.165, 1.54) is 11.1 Å². The SMILES string of the molecule is CCCC[C@H](CC(=O)N1CC(CC)(C(=O)O)C1)NC(=O)OCC1c2ccccc2-c2ccccc21. The molecule has 0 spiro atoms. The van der Waals surface area contributed by atoms with Gasteiger partial charge in [-0.25, -0.2) is 4.79 Å². The van der Waals surface area contributed by atoms with Gasteiger partial charge in [0.05, 0.1) is 0 Å². The maximum Gasteiger partial charge on any atom is 0.407 e. The van der Waals surface area contributed by atoms with Crippen molar-refractivity contribution >= 4 is 18.0 Å². The minimum absolute atomic E-state index is 0.0249. The van der Waals surface area contributed by atoms with E-state index in [2.05, 4.69) is 36.5 Å². The number of likely N-dealkylation sites (tertiary alicyclic amines) is 1. The largest absolute Gasteiger partial charge is 0.481 e. The van der Waals surface area contributed by atoms with E-state index in [0.29, 0.717) is 12.8 Å². The number of carboxylic acid groups (broad SMARTS) is 1. The highest BCUT2D eigenvalue weighted by Crippen LogP contribution is 2.44. The standard InChI is InChI=1S/C28H34N2O5/c1-3-5-10-19(15-25(31)30-17-28(4-2,18-30)26(32)33)29-27(34)35-16-24-22-13-8-6-11-20(22)21-12-7-9-14-23(21)24/h6-9,11-14,19,24H,3-5,10,15-18H2,1-2H3,(H,29,34)(H,32,33)/t19-/m1/s1. The molecular formula is C28H34N2O5. The van der Waals surface area contributed by atoms with Gasteiger partial charge in [0.1, 0.15) is 12.0 Å². The van der Waals surface area contributed by atoms with Gasteiger partial charge in [0.2, 0.25) is 5.91 Å². The summed E-state index contributed by atoms with van der Waals surface area (Å²) in [4.78, 5) is 38.6. The number of benzene rings is 2. The number of nitrogens with zero attached hydrogens (tertiary/aromatic N) is 1. The molecule has 0 bridgehead atoms. The Bertz CT molecular complexity index is 1050. The van der Waals surface area contributed by atoms with Gasteiger partial charge < -0.3 is 20.1 Å². The molecule has 7 heteroatoms. The molecule has 1 aliphatic heterocycles. The Morgan fingerprint density at radius 3 is 2.20 bits per heavy atom. The van der Waals surface area contributed by atoms with Crippen molar-refractivity contribution in [1.82, 2.24) is 10.2 Å². The van der Waals surface area contributed by atoms with E-state index in [1.807, 2.05) is 31.2 Å². The van der Waals surface area contributed by atoms with Gasteiger partial charge in [0, 0.05) is 31.5 Å². The average Bonchev–Trinajstić information content (AvgIpc) is 3.14. The molecule has 1 atom stereocenters. The molecule has 186 valence electrons. The maximum absolute atomic E-state index is 12.8. The molecule has 2 N–H and O–H groups in total. The van der Waals surface area contributed by atoms with Gasteiger partial charge in [-0.2, -0.15) is 0 Å². The Balaban J connectivity index is 1.35. The highest BCUT2D eigenvalue weighted by atomic mass is 16.5. The number of fused-ring (bicyclic) bond motifs is 3. The number of unbranched alkanes of at least 4 members (excludes halogenated alkanes) is 1. The molecule has 0 unspecified atom stereocenters. The summed E-state index contributed by atoms with van der Waals surface area (Å²) in [6.07, 6.45) is 2.58. The van der Waals surface area contributed by atoms with E-state index in [0.717, 1.165) is 24.0 Å². The Kier molecular flexibility index (Phi) is 7.43. The second-order valence-corrected chi connectivity index (χ2v) is 9.70. The minimum atomic E-state index is -0.858. The van der Waals surface area contributed by atoms with E-state index < -0.39 is 17.5 Å². The quantitative estimate of drug-likeness (QED) is 0.512. The van der Waals surface area contributed by atoms with Crippen LogP contribution in [0.5, 0.6) is 0 Å². The molecular weight excluding hydrogens is 444 g/mol. The minimum Gasteiger partial charge on any atom is -0.481 e. The van der Waals surface area contributed by atoms with Crippen molar-refractivity contribution in [2.45, 2.75) is 57.9 Å². The zero-order chi connectivity index (χ0) is 25.0. The highest BCUT2D eigenvalue weighted by molar-refractivity contribution is 5.84. The summed E-state index contributed by atoms with van der Waals surface area (Å²) in [6, 6.07) is 16.0. The van der Waals surface area contributed by atoms with Crippen molar-refractivity contribution in [3.63, 3.8) is 0 Å². The summed E-state index contributed by atoms with van der Waals surface area (Å²) >= 11 is 0. The zero-order valence-corrected chi connectivity index (χ0v) is 20.5. The highest BCUT2D eigenvalue weighted by Gasteiger charge is 2.49. The van der Waals surface area contributed by atoms with Gasteiger partial charge in [0.15, 0.2) is 0 Å². The Hall–Kier alpha value is -3.35. The van der Waals surface area contributed by atoms with E-state index >= 15 is 0 Å². The fourth-order valence-corrected chi connectivity index (χ4v) is 5.19. The predicted molar refractivity (Wildman–Crippen MR) is 133 cm³/mol. The normalized spacial score (nSPS) is 16.6. The van der Waals surface area contributed by atoms with Crippen LogP contribution in [0.2, 0.25) is 0 Å². The van der Waals surface area contributed by atoms with E-state index in [1.54, 1.807) is 4.90 Å². The third kappa shape index (κ3) is 5.04. The van der Waals surface area contributed by atoms with Crippen LogP contribution in [0.1, 0.15) is 63.0 Å². The number of nitrogens with one attached hydrogen (secondary N) is 1. The van der Waals surface area contributed by atoms with Gasteiger partial charge in [-0.05, 0) is 35.1 Å². The average molecular weight is 479 g/mol. The molecule has 7 nitrogen and oxygen atoms in total. The molecule has 2 aromatic rings. The molecule has 2 aromatic carbocycles. The first kappa shape index (κ1) is 24.8. The number of ether oxygens (including phenoxy) is 1. The fraction of sp³-hybridized carbons (Fsp3) is 0.464. The molecule has 0 saturated carbocycles. The first-order valence-electron chi connectivity index (χ1n) is 12.5. The molecule has 35 heavy (non-hydrogen) atoms. The summed E-state index contributed by atoms with van der Waals surface area (Å²) in [5, 5.41) is 12.4. The topological polar surface area (TPSA) is 95.9 Å². The number of hydrogen-bond acceptors (Lipinski definition) is 4. The lowest BCUT2D eigenvalue weighted by Crippen LogP contribution is -2.62. The third-order valence-electron chi connectivity index (χ3n) is 7.46. The van der Waals surface area contributed by atoms with E-state index in [-0.39, 0.29) is 44.0 Å². The van der Waals surface area contributed by atoms with Crippen molar-refractivity contribution in [3.8, 4) is 11.1 Å². The number of hydrogen-bond donors (Lipinski definition) is 2. The van der Waals surface area contributed by atoms with Crippen molar-refractivity contribution in [2.75, 3.05) is 19.7 Å². The monoisotopic (exact) mass is 478 g/mol. The van der Waals surface area contributed by atoms with Crippen molar-refractivity contribution < 1.29 is 24.2 Å². The number of rotatable bonds is 10. The molecule has 4 rings (SSSR count). The lowest BCUT2D eigenvalue weighted by Gasteiger charge is -2.47. The second kappa shape index (κ2) is 10.5. The lowest BCUT2D eigenvalue weighted by atomic mass is 9.77. The van der Waals surface area contributed by atoms with E-state index in [9.17, 15) is 19.5 Å². The van der Waals surface area contributed by atoms with Gasteiger partial charge in [-0.15, -0.1) is 0 Å². The van der Waals surface area contributed by atoms with Crippen molar-refractivity contribution in [3.05, 3.63) is 59.7 Å². The van der Waals surface area contributed by atoms with Crippen LogP contribution in [0.4, 0.5) is 4.79 Å². The first-order valence-corrected chi connectivity index (χ1v) is 12.5. The smallest absolute Gasteiger partial charge is 0.407 e. The summed E-state index contributed by atoms with van der Waals surface area (Å²) in [6.45, 7) is 4.56. The molecule has 1 aliphatic carbocycles. The van der Waals surface area contributed by atoms with Gasteiger partial charge in [-0.1, -0.05) is 75.2 Å². The molecule has 0 aromatic heterocycles. The van der Waals surface area contributed by atoms with Crippen LogP contribution in [-0.4, -0.2) is 53.7 Å². The third-order valence-corrected chi connectivity index (χ3v) is 7.46. The van der Waals surface area contributed by atoms with Crippen LogP contribution < -0.4 is 5.32 Å². The summed E-state index contributed by atoms with van der Waals surface area (Å²) in [5.41, 5.74) is 3.80. The molecule has 2 amide bonds. The van der Waals surface area contributed by atoms with Crippen LogP contribution in [0.25, 0.3) is 11.1 Å². The Morgan fingerprint density at radius 1 is 1.06 bits per heavy atom. The summed E-state index contributed by atoms with van der Waals surface area (Å²) in [5.74, 6) is -1.01. The predicted octanol–water partition coefficient (Wildman–Crippen LogP) is 4.80. The zero-order valence-electron chi connectivity index (χ0n) is 20.5. The van der Waals surface area contributed by atoms with Crippen LogP contribution in [0.3, 0.4) is 0 Å². The van der Waals surface area contributed by atoms with Crippen LogP contribution in [0, 0.1) is 5.41 Å². The van der Waals surface area contributed by atoms with Crippen molar-refractivity contribution in [2.24, 2.45) is 5.41 Å². The molecule has 1 fully saturated rings. The van der Waals surface area contributed by atoms with E-state index in [4.69, 9.17) is 4.74 Å². The lowest BCUT2D eigenvalue weighted by molar-refractivity contribution is -0.166. The van der Waals surface area contributed by atoms with Crippen LogP contribution in [-0.2, 0) is 14.3 Å². The first-order chi connectivity index (χ1) is 16.9. The molecule has 2 aliphatic rings. The van der Waals surface area contributed by atoms with Gasteiger partial charge in [-0.3, -0.25) is 9.59 Å². The molecule has 0 radical (unpaired) electrons. The van der Waals surface area contributed by atoms with Gasteiger partial charge >= 0.3 is 12.1 Å². The number of aliphatic carboxylic acids is 1. The van der Waals surface area contributed by atoms with Crippen LogP contribution >= 0.6 is 0 Å². The fourth-order valence-electron chi connectivity index (χ4n) is 5.19. The second-order valence-electron chi connectivity index (χ2n) is 9.70. The maximum atomic E-state index is 12.8. The van der Waals surface area contributed by atoms with Crippen molar-refractivity contribution in [1.29, 1.82) is 0 Å². The number of carboxylic acids is 1. The van der Waals surface area contributed by atoms with Gasteiger partial charge in [0.25, 0.3) is 0 Å². The summed E-state index contributed by atoms with van der Waals surface area (Å²) < 4.78 is 5.66. The Labute approximate surface area is 206 Å². The number of carbonyl (C=O) groups excluding carboxylic acids is 2. The number of carbonyl (C=O) groups is 3.